The Morgan fingerprint density at radius 2 is 1.57 bits per heavy atom. The number of fused-ring (bicyclic) bond motifs is 3. The number of nitrogens with one attached hydrogen (secondary N) is 1. The highest BCUT2D eigenvalue weighted by molar-refractivity contribution is 6.02. The van der Waals surface area contributed by atoms with Gasteiger partial charge in [-0.1, -0.05) is 45.0 Å². The largest absolute Gasteiger partial charge is 0.493 e. The molecule has 0 bridgehead atoms. The monoisotopic (exact) mass is 375 g/mol. The van der Waals surface area contributed by atoms with Gasteiger partial charge >= 0.3 is 0 Å². The van der Waals surface area contributed by atoms with Gasteiger partial charge in [-0.05, 0) is 64.1 Å². The predicted molar refractivity (Wildman–Crippen MR) is 118 cm³/mol. The third-order valence-electron chi connectivity index (χ3n) is 5.72. The van der Waals surface area contributed by atoms with Crippen molar-refractivity contribution in [1.82, 2.24) is 0 Å². The average molecular weight is 376 g/mol. The molecule has 1 aliphatic heterocycles. The molecule has 3 aromatic rings. The van der Waals surface area contributed by atoms with Crippen molar-refractivity contribution in [3.05, 3.63) is 53.6 Å². The van der Waals surface area contributed by atoms with E-state index in [1.165, 1.54) is 38.7 Å². The maximum atomic E-state index is 5.54. The highest BCUT2D eigenvalue weighted by Crippen LogP contribution is 2.43. The Morgan fingerprint density at radius 3 is 2.21 bits per heavy atom. The van der Waals surface area contributed by atoms with Crippen LogP contribution in [0.5, 0.6) is 11.5 Å². The van der Waals surface area contributed by atoms with Crippen molar-refractivity contribution in [3.63, 3.8) is 0 Å². The van der Waals surface area contributed by atoms with Gasteiger partial charge in [-0.3, -0.25) is 0 Å². The Bertz CT molecular complexity index is 1010. The SMILES string of the molecule is COc1cc2cc(-c3ccc(C(C)(C)C)cc3)c3c(c2cc1OC)NCCC3. The van der Waals surface area contributed by atoms with E-state index in [4.69, 9.17) is 9.47 Å². The van der Waals surface area contributed by atoms with Gasteiger partial charge in [0.15, 0.2) is 11.5 Å². The van der Waals surface area contributed by atoms with Gasteiger partial charge in [-0.15, -0.1) is 0 Å². The minimum Gasteiger partial charge on any atom is -0.493 e. The van der Waals surface area contributed by atoms with E-state index in [1.54, 1.807) is 14.2 Å². The molecule has 3 heteroatoms. The summed E-state index contributed by atoms with van der Waals surface area (Å²) in [6.45, 7) is 7.76. The summed E-state index contributed by atoms with van der Waals surface area (Å²) in [6.07, 6.45) is 2.24. The zero-order valence-electron chi connectivity index (χ0n) is 17.5. The molecule has 0 aliphatic carbocycles. The second-order valence-corrected chi connectivity index (χ2v) is 8.56. The van der Waals surface area contributed by atoms with Crippen molar-refractivity contribution in [2.75, 3.05) is 26.1 Å². The van der Waals surface area contributed by atoms with Crippen molar-refractivity contribution in [1.29, 1.82) is 0 Å². The van der Waals surface area contributed by atoms with Crippen molar-refractivity contribution in [2.24, 2.45) is 0 Å². The number of hydrogen-bond donors (Lipinski definition) is 1. The molecule has 1 N–H and O–H groups in total. The van der Waals surface area contributed by atoms with Gasteiger partial charge in [0.05, 0.1) is 14.2 Å². The summed E-state index contributed by atoms with van der Waals surface area (Å²) in [5.74, 6) is 1.53. The number of methoxy groups -OCH3 is 2. The molecule has 0 unspecified atom stereocenters. The fraction of sp³-hybridized carbons (Fsp3) is 0.360. The molecule has 0 atom stereocenters. The van der Waals surface area contributed by atoms with E-state index in [0.717, 1.165) is 30.9 Å². The van der Waals surface area contributed by atoms with E-state index in [0.29, 0.717) is 0 Å². The highest BCUT2D eigenvalue weighted by Gasteiger charge is 2.20. The second kappa shape index (κ2) is 7.05. The van der Waals surface area contributed by atoms with Gasteiger partial charge in [0.25, 0.3) is 0 Å². The van der Waals surface area contributed by atoms with Crippen molar-refractivity contribution in [3.8, 4) is 22.6 Å². The van der Waals surface area contributed by atoms with Gasteiger partial charge in [-0.25, -0.2) is 0 Å². The van der Waals surface area contributed by atoms with Crippen LogP contribution in [0.4, 0.5) is 5.69 Å². The van der Waals surface area contributed by atoms with Crippen LogP contribution < -0.4 is 14.8 Å². The zero-order chi connectivity index (χ0) is 19.9. The third-order valence-corrected chi connectivity index (χ3v) is 5.72. The quantitative estimate of drug-likeness (QED) is 0.593. The van der Waals surface area contributed by atoms with Crippen LogP contribution >= 0.6 is 0 Å². The molecule has 0 amide bonds. The first-order valence-electron chi connectivity index (χ1n) is 9.99. The van der Waals surface area contributed by atoms with Crippen LogP contribution in [0, 0.1) is 0 Å². The molecule has 146 valence electrons. The van der Waals surface area contributed by atoms with E-state index < -0.39 is 0 Å². The first-order valence-corrected chi connectivity index (χ1v) is 9.99. The first-order chi connectivity index (χ1) is 13.4. The smallest absolute Gasteiger partial charge is 0.161 e. The normalized spacial score (nSPS) is 13.8. The van der Waals surface area contributed by atoms with E-state index in [-0.39, 0.29) is 5.41 Å². The third kappa shape index (κ3) is 3.19. The van der Waals surface area contributed by atoms with E-state index in [1.807, 2.05) is 0 Å². The molecule has 28 heavy (non-hydrogen) atoms. The van der Waals surface area contributed by atoms with Gasteiger partial charge in [0, 0.05) is 17.6 Å². The minimum absolute atomic E-state index is 0.160. The Kier molecular flexibility index (Phi) is 4.70. The van der Waals surface area contributed by atoms with Crippen LogP contribution in [-0.4, -0.2) is 20.8 Å². The number of benzene rings is 3. The number of ether oxygens (including phenoxy) is 2. The summed E-state index contributed by atoms with van der Waals surface area (Å²) in [7, 11) is 3.38. The standard InChI is InChI=1S/C25H29NO2/c1-25(2,3)18-10-8-16(9-11-18)20-13-17-14-22(27-4)23(28-5)15-21(17)24-19(20)7-6-12-26-24/h8-11,13-15,26H,6-7,12H2,1-5H3. The van der Waals surface area contributed by atoms with Crippen molar-refractivity contribution >= 4 is 16.5 Å². The lowest BCUT2D eigenvalue weighted by Gasteiger charge is -2.25. The minimum atomic E-state index is 0.160. The fourth-order valence-electron chi connectivity index (χ4n) is 4.12. The summed E-state index contributed by atoms with van der Waals surface area (Å²) in [5.41, 5.74) is 6.73. The highest BCUT2D eigenvalue weighted by atomic mass is 16.5. The van der Waals surface area contributed by atoms with Gasteiger partial charge in [-0.2, -0.15) is 0 Å². The topological polar surface area (TPSA) is 30.5 Å². The van der Waals surface area contributed by atoms with E-state index >= 15 is 0 Å². The molecular weight excluding hydrogens is 346 g/mol. The molecule has 1 heterocycles. The molecule has 0 aromatic heterocycles. The van der Waals surface area contributed by atoms with Gasteiger partial charge < -0.3 is 14.8 Å². The van der Waals surface area contributed by atoms with Crippen LogP contribution in [-0.2, 0) is 11.8 Å². The Labute approximate surface area is 167 Å². The Morgan fingerprint density at radius 1 is 0.893 bits per heavy atom. The Balaban J connectivity index is 1.93. The summed E-state index contributed by atoms with van der Waals surface area (Å²) in [6, 6.07) is 15.5. The average Bonchev–Trinajstić information content (AvgIpc) is 2.71. The second-order valence-electron chi connectivity index (χ2n) is 8.56. The Hall–Kier alpha value is -2.68. The lowest BCUT2D eigenvalue weighted by atomic mass is 9.84. The lowest BCUT2D eigenvalue weighted by molar-refractivity contribution is 0.356. The van der Waals surface area contributed by atoms with Crippen LogP contribution in [0.1, 0.15) is 38.3 Å². The number of hydrogen-bond acceptors (Lipinski definition) is 3. The molecule has 0 saturated carbocycles. The summed E-state index contributed by atoms with van der Waals surface area (Å²) in [5, 5.41) is 6.01. The summed E-state index contributed by atoms with van der Waals surface area (Å²) < 4.78 is 11.1. The summed E-state index contributed by atoms with van der Waals surface area (Å²) >= 11 is 0. The predicted octanol–water partition coefficient (Wildman–Crippen LogP) is 6.18. The van der Waals surface area contributed by atoms with Gasteiger partial charge in [0.2, 0.25) is 0 Å². The summed E-state index contributed by atoms with van der Waals surface area (Å²) in [4.78, 5) is 0. The molecule has 0 saturated heterocycles. The molecule has 0 spiro atoms. The first kappa shape index (κ1) is 18.7. The fourth-order valence-corrected chi connectivity index (χ4v) is 4.12. The molecule has 4 rings (SSSR count). The van der Waals surface area contributed by atoms with Gasteiger partial charge in [0.1, 0.15) is 0 Å². The molecule has 3 nitrogen and oxygen atoms in total. The molecule has 0 fully saturated rings. The lowest BCUT2D eigenvalue weighted by Crippen LogP contribution is -2.13. The van der Waals surface area contributed by atoms with E-state index in [9.17, 15) is 0 Å². The molecular formula is C25H29NO2. The van der Waals surface area contributed by atoms with Crippen LogP contribution in [0.25, 0.3) is 21.9 Å². The van der Waals surface area contributed by atoms with E-state index in [2.05, 4.69) is 68.6 Å². The number of anilines is 1. The van der Waals surface area contributed by atoms with Crippen molar-refractivity contribution in [2.45, 2.75) is 39.0 Å². The molecule has 3 aromatic carbocycles. The zero-order valence-corrected chi connectivity index (χ0v) is 17.5. The van der Waals surface area contributed by atoms with Crippen LogP contribution in [0.3, 0.4) is 0 Å². The van der Waals surface area contributed by atoms with Crippen molar-refractivity contribution < 1.29 is 9.47 Å². The van der Waals surface area contributed by atoms with Crippen LogP contribution in [0.2, 0.25) is 0 Å². The maximum absolute atomic E-state index is 5.54. The van der Waals surface area contributed by atoms with Crippen LogP contribution in [0.15, 0.2) is 42.5 Å². The number of rotatable bonds is 3. The maximum Gasteiger partial charge on any atom is 0.161 e. The molecule has 1 aliphatic rings. The molecule has 0 radical (unpaired) electrons.